The van der Waals surface area contributed by atoms with Crippen molar-refractivity contribution in [3.8, 4) is 0 Å². The van der Waals surface area contributed by atoms with Gasteiger partial charge in [0.15, 0.2) is 0 Å². The molecule has 2 aromatic carbocycles. The number of halogens is 4. The molecule has 2 heterocycles. The molecular formula is C27H26F4N2. The number of hydrogen-bond acceptors (Lipinski definition) is 2. The van der Waals surface area contributed by atoms with E-state index in [0.29, 0.717) is 17.8 Å². The van der Waals surface area contributed by atoms with Crippen LogP contribution in [0.25, 0.3) is 0 Å². The van der Waals surface area contributed by atoms with E-state index in [2.05, 4.69) is 42.3 Å². The molecule has 0 aliphatic carbocycles. The maximum absolute atomic E-state index is 14.5. The highest BCUT2D eigenvalue weighted by molar-refractivity contribution is 5.60. The van der Waals surface area contributed by atoms with Crippen LogP contribution >= 0.6 is 0 Å². The molecule has 1 aliphatic rings. The first kappa shape index (κ1) is 23.0. The molecule has 0 radical (unpaired) electrons. The van der Waals surface area contributed by atoms with Crippen molar-refractivity contribution in [1.29, 1.82) is 0 Å². The summed E-state index contributed by atoms with van der Waals surface area (Å²) in [6.07, 6.45) is -0.244. The highest BCUT2D eigenvalue weighted by Crippen LogP contribution is 2.33. The molecule has 2 nitrogen and oxygen atoms in total. The van der Waals surface area contributed by atoms with Crippen LogP contribution in [0.15, 0.2) is 60.3 Å². The Labute approximate surface area is 191 Å². The van der Waals surface area contributed by atoms with Gasteiger partial charge in [0, 0.05) is 24.2 Å². The first-order valence-corrected chi connectivity index (χ1v) is 11.2. The van der Waals surface area contributed by atoms with E-state index in [9.17, 15) is 17.6 Å². The number of alkyl halides is 3. The third kappa shape index (κ3) is 5.27. The number of benzene rings is 2. The van der Waals surface area contributed by atoms with Gasteiger partial charge in [0.2, 0.25) is 0 Å². The molecule has 4 rings (SSSR count). The van der Waals surface area contributed by atoms with E-state index < -0.39 is 11.9 Å². The number of nitrogens with one attached hydrogen (secondary N) is 1. The highest BCUT2D eigenvalue weighted by atomic mass is 19.4. The predicted octanol–water partition coefficient (Wildman–Crippen LogP) is 6.94. The number of allylic oxidation sites excluding steroid dienone is 2. The molecule has 0 bridgehead atoms. The second-order valence-electron chi connectivity index (χ2n) is 8.33. The minimum absolute atomic E-state index is 0.175. The van der Waals surface area contributed by atoms with Gasteiger partial charge >= 0.3 is 6.18 Å². The van der Waals surface area contributed by atoms with Gasteiger partial charge in [0.1, 0.15) is 11.5 Å². The maximum atomic E-state index is 14.5. The molecule has 3 aromatic rings. The van der Waals surface area contributed by atoms with Crippen LogP contribution in [0.2, 0.25) is 0 Å². The Balaban J connectivity index is 1.52. The van der Waals surface area contributed by atoms with Crippen LogP contribution in [0.3, 0.4) is 0 Å². The molecule has 0 spiro atoms. The topological polar surface area (TPSA) is 24.9 Å². The zero-order valence-electron chi connectivity index (χ0n) is 18.7. The van der Waals surface area contributed by atoms with E-state index in [1.54, 1.807) is 18.2 Å². The van der Waals surface area contributed by atoms with Gasteiger partial charge in [-0.15, -0.1) is 0 Å². The summed E-state index contributed by atoms with van der Waals surface area (Å²) < 4.78 is 53.3. The average molecular weight is 455 g/mol. The van der Waals surface area contributed by atoms with E-state index in [4.69, 9.17) is 0 Å². The number of hydrogen-bond donors (Lipinski definition) is 1. The fourth-order valence-corrected chi connectivity index (χ4v) is 4.26. The van der Waals surface area contributed by atoms with Gasteiger partial charge in [0.25, 0.3) is 0 Å². The molecule has 0 amide bonds. The second kappa shape index (κ2) is 9.38. The van der Waals surface area contributed by atoms with Crippen molar-refractivity contribution in [3.05, 3.63) is 105 Å². The first-order chi connectivity index (χ1) is 15.8. The summed E-state index contributed by atoms with van der Waals surface area (Å²) in [5, 5.41) is 2.44. The number of anilines is 1. The fraction of sp³-hybridized carbons (Fsp3) is 0.296. The van der Waals surface area contributed by atoms with E-state index in [0.717, 1.165) is 41.3 Å². The molecule has 1 aliphatic heterocycles. The molecule has 0 saturated heterocycles. The molecule has 33 heavy (non-hydrogen) atoms. The van der Waals surface area contributed by atoms with Crippen LogP contribution in [0.1, 0.15) is 53.1 Å². The van der Waals surface area contributed by atoms with E-state index >= 15 is 0 Å². The summed E-state index contributed by atoms with van der Waals surface area (Å²) in [4.78, 5) is 4.57. The molecular weight excluding hydrogens is 428 g/mol. The fourth-order valence-electron chi connectivity index (χ4n) is 4.26. The second-order valence-corrected chi connectivity index (χ2v) is 8.33. The molecule has 172 valence electrons. The Morgan fingerprint density at radius 2 is 1.61 bits per heavy atom. The lowest BCUT2D eigenvalue weighted by atomic mass is 9.97. The Hall–Kier alpha value is -3.15. The SMILES string of the molecule is CCc1ccc(Cc2ccc(F)c(Cc3ccc4c(c3)CC=C(C(F)(F)F)N4)n2)cc1CC. The number of aromatic nitrogens is 1. The highest BCUT2D eigenvalue weighted by Gasteiger charge is 2.35. The molecule has 6 heteroatoms. The lowest BCUT2D eigenvalue weighted by Crippen LogP contribution is -2.22. The van der Waals surface area contributed by atoms with Crippen LogP contribution in [-0.4, -0.2) is 11.2 Å². The molecule has 1 aromatic heterocycles. The molecule has 0 atom stereocenters. The Morgan fingerprint density at radius 1 is 0.879 bits per heavy atom. The number of fused-ring (bicyclic) bond motifs is 1. The minimum atomic E-state index is -4.40. The quantitative estimate of drug-likeness (QED) is 0.408. The Bertz CT molecular complexity index is 1200. The number of pyridine rings is 1. The Morgan fingerprint density at radius 3 is 2.33 bits per heavy atom. The summed E-state index contributed by atoms with van der Waals surface area (Å²) in [6, 6.07) is 14.7. The summed E-state index contributed by atoms with van der Waals surface area (Å²) >= 11 is 0. The van der Waals surface area contributed by atoms with E-state index in [1.165, 1.54) is 17.2 Å². The summed E-state index contributed by atoms with van der Waals surface area (Å²) in [5.74, 6) is -0.385. The summed E-state index contributed by atoms with van der Waals surface area (Å²) in [6.45, 7) is 4.28. The molecule has 0 unspecified atom stereocenters. The molecule has 1 N–H and O–H groups in total. The normalized spacial score (nSPS) is 13.3. The van der Waals surface area contributed by atoms with Crippen LogP contribution in [0, 0.1) is 5.82 Å². The monoisotopic (exact) mass is 454 g/mol. The lowest BCUT2D eigenvalue weighted by Gasteiger charge is -2.21. The van der Waals surface area contributed by atoms with E-state index in [-0.39, 0.29) is 18.7 Å². The minimum Gasteiger partial charge on any atom is -0.352 e. The van der Waals surface area contributed by atoms with Crippen molar-refractivity contribution in [3.63, 3.8) is 0 Å². The summed E-state index contributed by atoms with van der Waals surface area (Å²) in [7, 11) is 0. The van der Waals surface area contributed by atoms with Gasteiger partial charge in [0.05, 0.1) is 5.69 Å². The molecule has 0 saturated carbocycles. The first-order valence-electron chi connectivity index (χ1n) is 11.2. The average Bonchev–Trinajstić information content (AvgIpc) is 2.80. The van der Waals surface area contributed by atoms with Gasteiger partial charge in [-0.2, -0.15) is 13.2 Å². The summed E-state index contributed by atoms with van der Waals surface area (Å²) in [5.41, 5.74) is 6.17. The van der Waals surface area contributed by atoms with Crippen LogP contribution in [0.4, 0.5) is 23.2 Å². The lowest BCUT2D eigenvalue weighted by molar-refractivity contribution is -0.0906. The van der Waals surface area contributed by atoms with Gasteiger partial charge in [-0.1, -0.05) is 50.3 Å². The number of nitrogens with zero attached hydrogens (tertiary/aromatic N) is 1. The van der Waals surface area contributed by atoms with Crippen molar-refractivity contribution in [1.82, 2.24) is 4.98 Å². The number of rotatable bonds is 6. The van der Waals surface area contributed by atoms with Crippen LogP contribution in [0.5, 0.6) is 0 Å². The van der Waals surface area contributed by atoms with Crippen molar-refractivity contribution in [2.75, 3.05) is 5.32 Å². The van der Waals surface area contributed by atoms with Gasteiger partial charge in [-0.05, 0) is 65.3 Å². The number of aryl methyl sites for hydroxylation is 2. The standard InChI is InChI=1S/C27H26F4N2/c1-3-19-7-5-17(13-20(19)4-2)15-22-9-10-23(28)25(32-22)16-18-6-11-24-21(14-18)8-12-26(33-24)27(29,30)31/h5-7,9-14,33H,3-4,8,15-16H2,1-2H3. The zero-order valence-corrected chi connectivity index (χ0v) is 18.7. The molecule has 0 fully saturated rings. The van der Waals surface area contributed by atoms with Gasteiger partial charge < -0.3 is 5.32 Å². The Kier molecular flexibility index (Phi) is 6.54. The third-order valence-corrected chi connectivity index (χ3v) is 6.04. The van der Waals surface area contributed by atoms with Gasteiger partial charge in [-0.3, -0.25) is 4.98 Å². The van der Waals surface area contributed by atoms with Crippen LogP contribution in [-0.2, 0) is 32.1 Å². The maximum Gasteiger partial charge on any atom is 0.430 e. The smallest absolute Gasteiger partial charge is 0.352 e. The van der Waals surface area contributed by atoms with Crippen LogP contribution < -0.4 is 5.32 Å². The zero-order chi connectivity index (χ0) is 23.6. The van der Waals surface area contributed by atoms with Crippen molar-refractivity contribution < 1.29 is 17.6 Å². The van der Waals surface area contributed by atoms with Crippen molar-refractivity contribution in [2.24, 2.45) is 0 Å². The third-order valence-electron chi connectivity index (χ3n) is 6.04. The van der Waals surface area contributed by atoms with Crippen molar-refractivity contribution >= 4 is 5.69 Å². The van der Waals surface area contributed by atoms with Crippen molar-refractivity contribution in [2.45, 2.75) is 52.1 Å². The van der Waals surface area contributed by atoms with Gasteiger partial charge in [-0.25, -0.2) is 4.39 Å². The largest absolute Gasteiger partial charge is 0.430 e. The van der Waals surface area contributed by atoms with E-state index in [1.807, 2.05) is 6.07 Å². The predicted molar refractivity (Wildman–Crippen MR) is 123 cm³/mol.